The molecule has 21 heavy (non-hydrogen) atoms. The van der Waals surface area contributed by atoms with Gasteiger partial charge < -0.3 is 10.1 Å². The third-order valence-corrected chi connectivity index (χ3v) is 3.62. The standard InChI is InChI=1S/C16H20FNO3/c1-11(16(20)18-14-7-2-3-8-14)21-15(19)10-12-5-4-6-13(17)9-12/h4-6,9,11,14H,2-3,7-8,10H2,1H3,(H,18,20). The number of ether oxygens (including phenoxy) is 1. The molecule has 0 aromatic heterocycles. The topological polar surface area (TPSA) is 55.4 Å². The summed E-state index contributed by atoms with van der Waals surface area (Å²) in [6.45, 7) is 1.55. The van der Waals surface area contributed by atoms with Gasteiger partial charge >= 0.3 is 5.97 Å². The maximum absolute atomic E-state index is 13.0. The highest BCUT2D eigenvalue weighted by Crippen LogP contribution is 2.17. The zero-order valence-electron chi connectivity index (χ0n) is 12.1. The fourth-order valence-electron chi connectivity index (χ4n) is 2.49. The maximum Gasteiger partial charge on any atom is 0.311 e. The van der Waals surface area contributed by atoms with Crippen LogP contribution in [0.4, 0.5) is 4.39 Å². The van der Waals surface area contributed by atoms with E-state index in [2.05, 4.69) is 5.32 Å². The van der Waals surface area contributed by atoms with Crippen molar-refractivity contribution < 1.29 is 18.7 Å². The fraction of sp³-hybridized carbons (Fsp3) is 0.500. The summed E-state index contributed by atoms with van der Waals surface area (Å²) >= 11 is 0. The molecule has 0 heterocycles. The van der Waals surface area contributed by atoms with Gasteiger partial charge in [0, 0.05) is 6.04 Å². The van der Waals surface area contributed by atoms with Gasteiger partial charge in [-0.3, -0.25) is 9.59 Å². The molecule has 1 aromatic carbocycles. The van der Waals surface area contributed by atoms with Crippen LogP contribution in [0, 0.1) is 5.82 Å². The fourth-order valence-corrected chi connectivity index (χ4v) is 2.49. The van der Waals surface area contributed by atoms with Crippen LogP contribution in [0.1, 0.15) is 38.2 Å². The van der Waals surface area contributed by atoms with Crippen LogP contribution in [0.3, 0.4) is 0 Å². The van der Waals surface area contributed by atoms with E-state index in [0.717, 1.165) is 25.7 Å². The minimum atomic E-state index is -0.827. The summed E-state index contributed by atoms with van der Waals surface area (Å²) in [5.74, 6) is -1.20. The second kappa shape index (κ2) is 7.20. The average molecular weight is 293 g/mol. The molecule has 1 fully saturated rings. The number of esters is 1. The first-order valence-corrected chi connectivity index (χ1v) is 7.29. The first kappa shape index (κ1) is 15.5. The number of carbonyl (C=O) groups is 2. The van der Waals surface area contributed by atoms with Gasteiger partial charge in [-0.25, -0.2) is 4.39 Å². The van der Waals surface area contributed by atoms with Crippen molar-refractivity contribution in [2.75, 3.05) is 0 Å². The molecule has 0 bridgehead atoms. The SMILES string of the molecule is CC(OC(=O)Cc1cccc(F)c1)C(=O)NC1CCCC1. The number of nitrogens with one attached hydrogen (secondary N) is 1. The molecular formula is C16H20FNO3. The Labute approximate surface area is 123 Å². The van der Waals surface area contributed by atoms with Crippen molar-refractivity contribution in [3.05, 3.63) is 35.6 Å². The Balaban J connectivity index is 1.79. The van der Waals surface area contributed by atoms with Crippen molar-refractivity contribution in [3.63, 3.8) is 0 Å². The van der Waals surface area contributed by atoms with Gasteiger partial charge in [0.25, 0.3) is 5.91 Å². The molecule has 4 nitrogen and oxygen atoms in total. The minimum Gasteiger partial charge on any atom is -0.452 e. The molecule has 0 spiro atoms. The van der Waals surface area contributed by atoms with E-state index in [4.69, 9.17) is 4.74 Å². The number of halogens is 1. The summed E-state index contributed by atoms with van der Waals surface area (Å²) in [5, 5.41) is 2.88. The Morgan fingerprint density at radius 3 is 2.76 bits per heavy atom. The van der Waals surface area contributed by atoms with E-state index in [1.165, 1.54) is 18.2 Å². The van der Waals surface area contributed by atoms with Crippen molar-refractivity contribution in [2.45, 2.75) is 51.2 Å². The molecule has 1 N–H and O–H groups in total. The summed E-state index contributed by atoms with van der Waals surface area (Å²) in [6, 6.07) is 5.97. The lowest BCUT2D eigenvalue weighted by Crippen LogP contribution is -2.41. The van der Waals surface area contributed by atoms with Crippen molar-refractivity contribution in [1.29, 1.82) is 0 Å². The van der Waals surface area contributed by atoms with Crippen molar-refractivity contribution in [1.82, 2.24) is 5.32 Å². The average Bonchev–Trinajstić information content (AvgIpc) is 2.91. The molecular weight excluding hydrogens is 273 g/mol. The molecule has 1 aliphatic rings. The number of hydrogen-bond acceptors (Lipinski definition) is 3. The number of benzene rings is 1. The molecule has 0 radical (unpaired) electrons. The number of rotatable bonds is 5. The van der Waals surface area contributed by atoms with Crippen molar-refractivity contribution >= 4 is 11.9 Å². The van der Waals surface area contributed by atoms with E-state index in [0.29, 0.717) is 5.56 Å². The van der Waals surface area contributed by atoms with E-state index in [-0.39, 0.29) is 18.4 Å². The summed E-state index contributed by atoms with van der Waals surface area (Å²) in [6.07, 6.45) is 3.34. The molecule has 1 atom stereocenters. The quantitative estimate of drug-likeness (QED) is 0.848. The molecule has 0 saturated heterocycles. The summed E-state index contributed by atoms with van der Waals surface area (Å²) in [4.78, 5) is 23.6. The molecule has 1 unspecified atom stereocenters. The van der Waals surface area contributed by atoms with Gasteiger partial charge in [0.05, 0.1) is 6.42 Å². The van der Waals surface area contributed by atoms with Gasteiger partial charge in [0.1, 0.15) is 5.82 Å². The van der Waals surface area contributed by atoms with Crippen molar-refractivity contribution in [2.24, 2.45) is 0 Å². The molecule has 1 amide bonds. The van der Waals surface area contributed by atoms with E-state index in [9.17, 15) is 14.0 Å². The Kier molecular flexibility index (Phi) is 5.31. The Bertz CT molecular complexity index is 512. The largest absolute Gasteiger partial charge is 0.452 e. The molecule has 2 rings (SSSR count). The van der Waals surface area contributed by atoms with Crippen LogP contribution >= 0.6 is 0 Å². The zero-order valence-corrected chi connectivity index (χ0v) is 12.1. The second-order valence-electron chi connectivity index (χ2n) is 5.43. The van der Waals surface area contributed by atoms with E-state index in [1.807, 2.05) is 0 Å². The van der Waals surface area contributed by atoms with Crippen LogP contribution in [0.25, 0.3) is 0 Å². The predicted octanol–water partition coefficient (Wildman–Crippen LogP) is 2.36. The minimum absolute atomic E-state index is 0.0428. The van der Waals surface area contributed by atoms with Gasteiger partial charge in [-0.15, -0.1) is 0 Å². The molecule has 1 aromatic rings. The lowest BCUT2D eigenvalue weighted by molar-refractivity contribution is -0.154. The highest BCUT2D eigenvalue weighted by molar-refractivity contribution is 5.84. The normalized spacial score (nSPS) is 16.5. The van der Waals surface area contributed by atoms with E-state index >= 15 is 0 Å². The first-order valence-electron chi connectivity index (χ1n) is 7.29. The molecule has 1 saturated carbocycles. The van der Waals surface area contributed by atoms with Crippen LogP contribution in [-0.4, -0.2) is 24.0 Å². The van der Waals surface area contributed by atoms with E-state index < -0.39 is 17.9 Å². The second-order valence-corrected chi connectivity index (χ2v) is 5.43. The number of carbonyl (C=O) groups excluding carboxylic acids is 2. The Morgan fingerprint density at radius 2 is 2.10 bits per heavy atom. The van der Waals surface area contributed by atoms with Crippen LogP contribution in [0.5, 0.6) is 0 Å². The third kappa shape index (κ3) is 4.85. The predicted molar refractivity (Wildman–Crippen MR) is 76.1 cm³/mol. The lowest BCUT2D eigenvalue weighted by Gasteiger charge is -2.17. The lowest BCUT2D eigenvalue weighted by atomic mass is 10.1. The van der Waals surface area contributed by atoms with Gasteiger partial charge in [-0.2, -0.15) is 0 Å². The Hall–Kier alpha value is -1.91. The summed E-state index contributed by atoms with van der Waals surface area (Å²) in [5.41, 5.74) is 0.531. The Morgan fingerprint density at radius 1 is 1.38 bits per heavy atom. The van der Waals surface area contributed by atoms with E-state index in [1.54, 1.807) is 13.0 Å². The summed E-state index contributed by atoms with van der Waals surface area (Å²) < 4.78 is 18.1. The number of amides is 1. The number of hydrogen-bond donors (Lipinski definition) is 1. The van der Waals surface area contributed by atoms with Crippen LogP contribution in [-0.2, 0) is 20.7 Å². The monoisotopic (exact) mass is 293 g/mol. The highest BCUT2D eigenvalue weighted by Gasteiger charge is 2.23. The smallest absolute Gasteiger partial charge is 0.311 e. The zero-order chi connectivity index (χ0) is 15.2. The van der Waals surface area contributed by atoms with Gasteiger partial charge in [0.2, 0.25) is 0 Å². The maximum atomic E-state index is 13.0. The van der Waals surface area contributed by atoms with Crippen molar-refractivity contribution in [3.8, 4) is 0 Å². The van der Waals surface area contributed by atoms with Gasteiger partial charge in [-0.1, -0.05) is 25.0 Å². The molecule has 1 aliphatic carbocycles. The molecule has 0 aliphatic heterocycles. The van der Waals surface area contributed by atoms with Crippen LogP contribution in [0.15, 0.2) is 24.3 Å². The molecule has 114 valence electrons. The summed E-state index contributed by atoms with van der Waals surface area (Å²) in [7, 11) is 0. The third-order valence-electron chi connectivity index (χ3n) is 3.62. The van der Waals surface area contributed by atoms with Gasteiger partial charge in [0.15, 0.2) is 6.10 Å². The first-order chi connectivity index (χ1) is 10.0. The van der Waals surface area contributed by atoms with Gasteiger partial charge in [-0.05, 0) is 37.5 Å². The highest BCUT2D eigenvalue weighted by atomic mass is 19.1. The van der Waals surface area contributed by atoms with Crippen LogP contribution < -0.4 is 5.32 Å². The van der Waals surface area contributed by atoms with Crippen LogP contribution in [0.2, 0.25) is 0 Å². The molecule has 5 heteroatoms.